The van der Waals surface area contributed by atoms with Gasteiger partial charge in [0.05, 0.1) is 11.0 Å². The molecular weight excluding hydrogens is 532 g/mol. The van der Waals surface area contributed by atoms with Crippen LogP contribution in [0.4, 0.5) is 17.1 Å². The van der Waals surface area contributed by atoms with E-state index in [1.807, 2.05) is 0 Å². The molecule has 0 aliphatic heterocycles. The molecule has 0 N–H and O–H groups in total. The van der Waals surface area contributed by atoms with Gasteiger partial charge >= 0.3 is 0 Å². The Labute approximate surface area is 257 Å². The van der Waals surface area contributed by atoms with Gasteiger partial charge in [-0.2, -0.15) is 0 Å². The fraction of sp³-hybridized carbons (Fsp3) is 0. The van der Waals surface area contributed by atoms with Crippen LogP contribution in [0.15, 0.2) is 182 Å². The monoisotopic (exact) mass is 562 g/mol. The molecule has 0 radical (unpaired) electrons. The number of para-hydroxylation sites is 2. The SMILES string of the molecule is c1ccc(-c2ccc(N(c3ccc(-c4ccccc4)cc3)c3ccc4c(c3)c3ccccc3n4-c3ccccc3)cc2)cc1. The fourth-order valence-electron chi connectivity index (χ4n) is 6.27. The summed E-state index contributed by atoms with van der Waals surface area (Å²) in [5, 5.41) is 2.47. The zero-order valence-corrected chi connectivity index (χ0v) is 24.2. The van der Waals surface area contributed by atoms with Gasteiger partial charge in [0.25, 0.3) is 0 Å². The van der Waals surface area contributed by atoms with Crippen LogP contribution in [0, 0.1) is 0 Å². The van der Waals surface area contributed by atoms with Crippen LogP contribution in [0.2, 0.25) is 0 Å². The lowest BCUT2D eigenvalue weighted by molar-refractivity contribution is 1.18. The summed E-state index contributed by atoms with van der Waals surface area (Å²) < 4.78 is 2.36. The summed E-state index contributed by atoms with van der Waals surface area (Å²) in [6.45, 7) is 0. The smallest absolute Gasteiger partial charge is 0.0542 e. The standard InChI is InChI=1S/C42H30N2/c1-4-12-31(13-5-1)33-20-24-36(25-21-33)43(37-26-22-34(23-27-37)32-14-6-2-7-15-32)38-28-29-42-40(30-38)39-18-10-11-19-41(39)44(42)35-16-8-3-9-17-35/h1-30H. The predicted octanol–water partition coefficient (Wildman–Crippen LogP) is 11.6. The van der Waals surface area contributed by atoms with E-state index >= 15 is 0 Å². The van der Waals surface area contributed by atoms with Crippen molar-refractivity contribution in [3.8, 4) is 27.9 Å². The molecule has 0 unspecified atom stereocenters. The molecule has 1 aromatic heterocycles. The summed E-state index contributed by atoms with van der Waals surface area (Å²) in [6.07, 6.45) is 0. The average molecular weight is 563 g/mol. The number of aromatic nitrogens is 1. The maximum Gasteiger partial charge on any atom is 0.0542 e. The lowest BCUT2D eigenvalue weighted by atomic mass is 10.0. The van der Waals surface area contributed by atoms with Gasteiger partial charge in [0.1, 0.15) is 0 Å². The Morgan fingerprint density at radius 1 is 0.318 bits per heavy atom. The van der Waals surface area contributed by atoms with Gasteiger partial charge in [0, 0.05) is 33.5 Å². The molecule has 0 aliphatic rings. The molecule has 0 saturated carbocycles. The molecule has 7 aromatic carbocycles. The van der Waals surface area contributed by atoms with Crippen molar-refractivity contribution in [1.82, 2.24) is 4.57 Å². The minimum atomic E-state index is 1.11. The van der Waals surface area contributed by atoms with Gasteiger partial charge in [-0.15, -0.1) is 0 Å². The first-order valence-electron chi connectivity index (χ1n) is 15.0. The molecule has 0 atom stereocenters. The van der Waals surface area contributed by atoms with Crippen molar-refractivity contribution < 1.29 is 0 Å². The van der Waals surface area contributed by atoms with E-state index in [1.54, 1.807) is 0 Å². The molecule has 2 nitrogen and oxygen atoms in total. The maximum atomic E-state index is 2.36. The quantitative estimate of drug-likeness (QED) is 0.196. The summed E-state index contributed by atoms with van der Waals surface area (Å²) in [6, 6.07) is 65.1. The van der Waals surface area contributed by atoms with E-state index < -0.39 is 0 Å². The predicted molar refractivity (Wildman–Crippen MR) is 186 cm³/mol. The maximum absolute atomic E-state index is 2.36. The largest absolute Gasteiger partial charge is 0.310 e. The average Bonchev–Trinajstić information content (AvgIpc) is 3.44. The molecule has 208 valence electrons. The Kier molecular flexibility index (Phi) is 6.51. The molecular formula is C42H30N2. The van der Waals surface area contributed by atoms with Crippen LogP contribution in [0.3, 0.4) is 0 Å². The molecule has 0 aliphatic carbocycles. The lowest BCUT2D eigenvalue weighted by Crippen LogP contribution is -2.10. The van der Waals surface area contributed by atoms with E-state index in [4.69, 9.17) is 0 Å². The molecule has 0 amide bonds. The topological polar surface area (TPSA) is 8.17 Å². The van der Waals surface area contributed by atoms with Crippen LogP contribution in [-0.2, 0) is 0 Å². The highest BCUT2D eigenvalue weighted by Crippen LogP contribution is 2.40. The van der Waals surface area contributed by atoms with Crippen molar-refractivity contribution in [2.45, 2.75) is 0 Å². The summed E-state index contributed by atoms with van der Waals surface area (Å²) in [7, 11) is 0. The van der Waals surface area contributed by atoms with Gasteiger partial charge in [-0.3, -0.25) is 0 Å². The zero-order chi connectivity index (χ0) is 29.3. The minimum absolute atomic E-state index is 1.11. The molecule has 8 aromatic rings. The van der Waals surface area contributed by atoms with Gasteiger partial charge in [-0.1, -0.05) is 121 Å². The Morgan fingerprint density at radius 2 is 0.750 bits per heavy atom. The second kappa shape index (κ2) is 11.1. The first kappa shape index (κ1) is 25.8. The van der Waals surface area contributed by atoms with Crippen molar-refractivity contribution in [2.24, 2.45) is 0 Å². The first-order chi connectivity index (χ1) is 21.8. The van der Waals surface area contributed by atoms with E-state index in [1.165, 1.54) is 44.1 Å². The van der Waals surface area contributed by atoms with Crippen LogP contribution >= 0.6 is 0 Å². The summed E-state index contributed by atoms with van der Waals surface area (Å²) in [5.41, 5.74) is 11.7. The number of hydrogen-bond donors (Lipinski definition) is 0. The highest BCUT2D eigenvalue weighted by Gasteiger charge is 2.17. The molecule has 0 fully saturated rings. The summed E-state index contributed by atoms with van der Waals surface area (Å²) in [5.74, 6) is 0. The third kappa shape index (κ3) is 4.63. The Hall–Kier alpha value is -5.86. The van der Waals surface area contributed by atoms with Crippen LogP contribution in [0.5, 0.6) is 0 Å². The summed E-state index contributed by atoms with van der Waals surface area (Å²) >= 11 is 0. The second-order valence-corrected chi connectivity index (χ2v) is 11.1. The van der Waals surface area contributed by atoms with Gasteiger partial charge in [-0.05, 0) is 82.9 Å². The molecule has 2 heteroatoms. The van der Waals surface area contributed by atoms with Crippen molar-refractivity contribution >= 4 is 38.9 Å². The molecule has 8 rings (SSSR count). The van der Waals surface area contributed by atoms with E-state index in [-0.39, 0.29) is 0 Å². The first-order valence-corrected chi connectivity index (χ1v) is 15.0. The molecule has 1 heterocycles. The summed E-state index contributed by atoms with van der Waals surface area (Å²) in [4.78, 5) is 2.36. The van der Waals surface area contributed by atoms with Gasteiger partial charge < -0.3 is 9.47 Å². The Bertz CT molecular complexity index is 2100. The van der Waals surface area contributed by atoms with Crippen molar-refractivity contribution in [3.63, 3.8) is 0 Å². The number of nitrogens with zero attached hydrogens (tertiary/aromatic N) is 2. The van der Waals surface area contributed by atoms with Crippen molar-refractivity contribution in [3.05, 3.63) is 182 Å². The normalized spacial score (nSPS) is 11.2. The Balaban J connectivity index is 1.29. The van der Waals surface area contributed by atoms with Crippen LogP contribution in [0.25, 0.3) is 49.7 Å². The van der Waals surface area contributed by atoms with Crippen LogP contribution in [0.1, 0.15) is 0 Å². The van der Waals surface area contributed by atoms with E-state index in [9.17, 15) is 0 Å². The van der Waals surface area contributed by atoms with Gasteiger partial charge in [-0.25, -0.2) is 0 Å². The third-order valence-electron chi connectivity index (χ3n) is 8.39. The minimum Gasteiger partial charge on any atom is -0.310 e. The number of hydrogen-bond acceptors (Lipinski definition) is 1. The highest BCUT2D eigenvalue weighted by molar-refractivity contribution is 6.10. The molecule has 0 spiro atoms. The molecule has 0 saturated heterocycles. The lowest BCUT2D eigenvalue weighted by Gasteiger charge is -2.26. The molecule has 44 heavy (non-hydrogen) atoms. The van der Waals surface area contributed by atoms with Crippen LogP contribution in [-0.4, -0.2) is 4.57 Å². The molecule has 0 bridgehead atoms. The fourth-order valence-corrected chi connectivity index (χ4v) is 6.27. The van der Waals surface area contributed by atoms with E-state index in [2.05, 4.69) is 191 Å². The van der Waals surface area contributed by atoms with Crippen molar-refractivity contribution in [1.29, 1.82) is 0 Å². The van der Waals surface area contributed by atoms with E-state index in [0.29, 0.717) is 0 Å². The van der Waals surface area contributed by atoms with Gasteiger partial charge in [0.15, 0.2) is 0 Å². The zero-order valence-electron chi connectivity index (χ0n) is 24.2. The van der Waals surface area contributed by atoms with E-state index in [0.717, 1.165) is 22.7 Å². The van der Waals surface area contributed by atoms with Crippen LogP contribution < -0.4 is 4.90 Å². The van der Waals surface area contributed by atoms with Crippen molar-refractivity contribution in [2.75, 3.05) is 4.90 Å². The number of fused-ring (bicyclic) bond motifs is 3. The highest BCUT2D eigenvalue weighted by atomic mass is 15.1. The number of benzene rings is 7. The third-order valence-corrected chi connectivity index (χ3v) is 8.39. The van der Waals surface area contributed by atoms with Gasteiger partial charge in [0.2, 0.25) is 0 Å². The Morgan fingerprint density at radius 3 is 1.32 bits per heavy atom. The number of anilines is 3. The second-order valence-electron chi connectivity index (χ2n) is 11.1. The number of rotatable bonds is 6.